The lowest BCUT2D eigenvalue weighted by Gasteiger charge is -2.35. The van der Waals surface area contributed by atoms with Crippen LogP contribution in [0.4, 0.5) is 4.79 Å². The average Bonchev–Trinajstić information content (AvgIpc) is 3.54. The topological polar surface area (TPSA) is 108 Å². The molecule has 3 amide bonds. The maximum absolute atomic E-state index is 13.5. The number of benzene rings is 1. The smallest absolute Gasteiger partial charge is 0.408 e. The predicted octanol–water partition coefficient (Wildman–Crippen LogP) is 2.83. The molecule has 1 aromatic carbocycles. The van der Waals surface area contributed by atoms with Crippen LogP contribution in [0.1, 0.15) is 70.5 Å². The van der Waals surface area contributed by atoms with Crippen LogP contribution in [0.25, 0.3) is 0 Å². The number of hydrogen-bond donors (Lipinski definition) is 3. The molecule has 2 atom stereocenters. The minimum atomic E-state index is -1.21. The van der Waals surface area contributed by atoms with Gasteiger partial charge in [0.15, 0.2) is 0 Å². The zero-order chi connectivity index (χ0) is 23.9. The summed E-state index contributed by atoms with van der Waals surface area (Å²) < 4.78 is 5.24. The molecule has 1 aliphatic carbocycles. The molecule has 0 bridgehead atoms. The number of amides is 3. The summed E-state index contributed by atoms with van der Waals surface area (Å²) in [6, 6.07) is 5.29. The predicted molar refractivity (Wildman–Crippen MR) is 122 cm³/mol. The summed E-state index contributed by atoms with van der Waals surface area (Å²) in [6.07, 6.45) is 2.51. The number of carbonyl (C=O) groups excluding carboxylic acids is 3. The zero-order valence-corrected chi connectivity index (χ0v) is 19.8. The molecule has 1 saturated carbocycles. The van der Waals surface area contributed by atoms with E-state index >= 15 is 0 Å². The summed E-state index contributed by atoms with van der Waals surface area (Å²) in [5.41, 5.74) is 0.879. The van der Waals surface area contributed by atoms with Crippen molar-refractivity contribution in [3.63, 3.8) is 0 Å². The van der Waals surface area contributed by atoms with E-state index in [-0.39, 0.29) is 11.9 Å². The van der Waals surface area contributed by atoms with E-state index in [4.69, 9.17) is 4.74 Å². The van der Waals surface area contributed by atoms with Gasteiger partial charge in [0, 0.05) is 12.6 Å². The molecule has 0 aromatic heterocycles. The van der Waals surface area contributed by atoms with Gasteiger partial charge in [0.1, 0.15) is 17.7 Å². The van der Waals surface area contributed by atoms with Crippen molar-refractivity contribution in [3.05, 3.63) is 35.4 Å². The van der Waals surface area contributed by atoms with Crippen molar-refractivity contribution in [1.82, 2.24) is 15.5 Å². The van der Waals surface area contributed by atoms with E-state index < -0.39 is 36.3 Å². The second-order valence-electron chi connectivity index (χ2n) is 9.26. The van der Waals surface area contributed by atoms with Crippen LogP contribution in [0.3, 0.4) is 0 Å². The number of aliphatic hydroxyl groups excluding tert-OH is 1. The number of aryl methyl sites for hydroxylation is 1. The second kappa shape index (κ2) is 11.3. The number of nitrogens with one attached hydrogen (secondary N) is 2. The van der Waals surface area contributed by atoms with Gasteiger partial charge in [-0.1, -0.05) is 37.6 Å². The summed E-state index contributed by atoms with van der Waals surface area (Å²) in [4.78, 5) is 40.6. The fraction of sp³-hybridized carbons (Fsp3) is 0.625. The molecule has 3 N–H and O–H groups in total. The fourth-order valence-electron chi connectivity index (χ4n) is 3.48. The number of alkyl carbamates (subject to hydrolysis) is 1. The molecule has 1 aromatic rings. The summed E-state index contributed by atoms with van der Waals surface area (Å²) in [6.45, 7) is 9.01. The highest BCUT2D eigenvalue weighted by molar-refractivity contribution is 5.92. The van der Waals surface area contributed by atoms with Crippen LogP contribution in [0.15, 0.2) is 24.3 Å². The first-order chi connectivity index (χ1) is 15.1. The van der Waals surface area contributed by atoms with Gasteiger partial charge in [0.25, 0.3) is 0 Å². The SMILES string of the molecule is CCCCNC(=O)C(c1ccccc1C)N(C(=O)C(CO)NC(=O)OC(C)(C)C)C1CC1. The van der Waals surface area contributed by atoms with E-state index in [0.29, 0.717) is 6.54 Å². The molecule has 0 radical (unpaired) electrons. The molecule has 178 valence electrons. The van der Waals surface area contributed by atoms with E-state index in [9.17, 15) is 19.5 Å². The van der Waals surface area contributed by atoms with Crippen LogP contribution in [0, 0.1) is 6.92 Å². The molecule has 0 saturated heterocycles. The van der Waals surface area contributed by atoms with Crippen molar-refractivity contribution in [2.45, 2.75) is 84.0 Å². The molecule has 2 unspecified atom stereocenters. The van der Waals surface area contributed by atoms with Gasteiger partial charge in [-0.15, -0.1) is 0 Å². The van der Waals surface area contributed by atoms with Crippen molar-refractivity contribution in [3.8, 4) is 0 Å². The van der Waals surface area contributed by atoms with Gasteiger partial charge in [0.2, 0.25) is 11.8 Å². The Morgan fingerprint density at radius 1 is 1.22 bits per heavy atom. The van der Waals surface area contributed by atoms with Gasteiger partial charge in [-0.2, -0.15) is 0 Å². The summed E-state index contributed by atoms with van der Waals surface area (Å²) in [7, 11) is 0. The van der Waals surface area contributed by atoms with Gasteiger partial charge < -0.3 is 25.4 Å². The number of hydrogen-bond acceptors (Lipinski definition) is 5. The van der Waals surface area contributed by atoms with Crippen molar-refractivity contribution >= 4 is 17.9 Å². The van der Waals surface area contributed by atoms with Gasteiger partial charge in [-0.3, -0.25) is 9.59 Å². The number of ether oxygens (including phenoxy) is 1. The molecule has 0 spiro atoms. The van der Waals surface area contributed by atoms with E-state index in [1.165, 1.54) is 4.90 Å². The third-order valence-electron chi connectivity index (χ3n) is 5.21. The summed E-state index contributed by atoms with van der Waals surface area (Å²) in [5, 5.41) is 15.3. The Labute approximate surface area is 190 Å². The minimum Gasteiger partial charge on any atom is -0.444 e. The standard InChI is InChI=1S/C24H37N3O5/c1-6-7-14-25-21(29)20(18-11-9-8-10-16(18)2)27(17-12-13-17)22(30)19(15-28)26-23(31)32-24(3,4)5/h8-11,17,19-20,28H,6-7,12-15H2,1-5H3,(H,25,29)(H,26,31). The van der Waals surface area contributed by atoms with Crippen LogP contribution < -0.4 is 10.6 Å². The Kier molecular flexibility index (Phi) is 9.07. The van der Waals surface area contributed by atoms with E-state index in [0.717, 1.165) is 36.8 Å². The lowest BCUT2D eigenvalue weighted by molar-refractivity contribution is -0.144. The van der Waals surface area contributed by atoms with E-state index in [1.54, 1.807) is 20.8 Å². The van der Waals surface area contributed by atoms with Crippen LogP contribution in [-0.4, -0.2) is 58.8 Å². The largest absolute Gasteiger partial charge is 0.444 e. The van der Waals surface area contributed by atoms with E-state index in [2.05, 4.69) is 10.6 Å². The number of carbonyl (C=O) groups is 3. The Bertz CT molecular complexity index is 801. The van der Waals surface area contributed by atoms with Gasteiger partial charge in [0.05, 0.1) is 6.61 Å². The Morgan fingerprint density at radius 3 is 2.41 bits per heavy atom. The number of nitrogens with zero attached hydrogens (tertiary/aromatic N) is 1. The fourth-order valence-corrected chi connectivity index (χ4v) is 3.48. The molecule has 1 fully saturated rings. The average molecular weight is 448 g/mol. The van der Waals surface area contributed by atoms with Crippen LogP contribution in [0.2, 0.25) is 0 Å². The quantitative estimate of drug-likeness (QED) is 0.478. The van der Waals surface area contributed by atoms with Crippen molar-refractivity contribution < 1.29 is 24.2 Å². The van der Waals surface area contributed by atoms with Gasteiger partial charge >= 0.3 is 6.09 Å². The van der Waals surface area contributed by atoms with Crippen LogP contribution in [0.5, 0.6) is 0 Å². The number of unbranched alkanes of at least 4 members (excludes halogenated alkanes) is 1. The Hall–Kier alpha value is -2.61. The third kappa shape index (κ3) is 7.22. The molecular weight excluding hydrogens is 410 g/mol. The molecule has 1 aliphatic rings. The molecule has 8 heteroatoms. The van der Waals surface area contributed by atoms with Gasteiger partial charge in [-0.05, 0) is 58.1 Å². The molecule has 0 heterocycles. The highest BCUT2D eigenvalue weighted by Gasteiger charge is 2.44. The van der Waals surface area contributed by atoms with E-state index in [1.807, 2.05) is 38.1 Å². The third-order valence-corrected chi connectivity index (χ3v) is 5.21. The lowest BCUT2D eigenvalue weighted by atomic mass is 9.98. The van der Waals surface area contributed by atoms with Crippen molar-refractivity contribution in [2.24, 2.45) is 0 Å². The summed E-state index contributed by atoms with van der Waals surface area (Å²) in [5.74, 6) is -0.762. The lowest BCUT2D eigenvalue weighted by Crippen LogP contribution is -2.55. The van der Waals surface area contributed by atoms with Crippen molar-refractivity contribution in [2.75, 3.05) is 13.2 Å². The van der Waals surface area contributed by atoms with Crippen LogP contribution >= 0.6 is 0 Å². The Balaban J connectivity index is 2.34. The molecule has 2 rings (SSSR count). The highest BCUT2D eigenvalue weighted by atomic mass is 16.6. The number of rotatable bonds is 10. The highest BCUT2D eigenvalue weighted by Crippen LogP contribution is 2.36. The minimum absolute atomic E-state index is 0.126. The maximum atomic E-state index is 13.5. The first-order valence-electron chi connectivity index (χ1n) is 11.3. The maximum Gasteiger partial charge on any atom is 0.408 e. The summed E-state index contributed by atoms with van der Waals surface area (Å²) >= 11 is 0. The first-order valence-corrected chi connectivity index (χ1v) is 11.3. The monoisotopic (exact) mass is 447 g/mol. The molecular formula is C24H37N3O5. The second-order valence-corrected chi connectivity index (χ2v) is 9.26. The van der Waals surface area contributed by atoms with Gasteiger partial charge in [-0.25, -0.2) is 4.79 Å². The number of aliphatic hydroxyl groups is 1. The molecule has 0 aliphatic heterocycles. The first kappa shape index (κ1) is 25.6. The normalized spacial score (nSPS) is 15.4. The Morgan fingerprint density at radius 2 is 1.88 bits per heavy atom. The van der Waals surface area contributed by atoms with Crippen molar-refractivity contribution in [1.29, 1.82) is 0 Å². The van der Waals surface area contributed by atoms with Crippen LogP contribution in [-0.2, 0) is 14.3 Å². The molecule has 8 nitrogen and oxygen atoms in total. The molecule has 32 heavy (non-hydrogen) atoms. The zero-order valence-electron chi connectivity index (χ0n) is 19.8.